The van der Waals surface area contributed by atoms with E-state index in [1.807, 2.05) is 0 Å². The van der Waals surface area contributed by atoms with Gasteiger partial charge in [-0.25, -0.2) is 0 Å². The number of fused-ring (bicyclic) bond motifs is 8. The fraction of sp³-hybridized carbons (Fsp3) is 0. The fourth-order valence-electron chi connectivity index (χ4n) is 8.51. The molecule has 0 fully saturated rings. The molecule has 3 heteroatoms. The van der Waals surface area contributed by atoms with Crippen molar-refractivity contribution in [2.45, 2.75) is 0 Å². The molecule has 0 aliphatic carbocycles. The molecule has 0 radical (unpaired) electrons. The molecule has 11 rings (SSSR count). The summed E-state index contributed by atoms with van der Waals surface area (Å²) >= 11 is 0. The molecule has 0 saturated carbocycles. The number of furan rings is 1. The molecule has 9 aromatic carbocycles. The summed E-state index contributed by atoms with van der Waals surface area (Å²) in [4.78, 5) is 2.40. The van der Waals surface area contributed by atoms with E-state index in [4.69, 9.17) is 4.42 Å². The van der Waals surface area contributed by atoms with E-state index in [9.17, 15) is 0 Å². The van der Waals surface area contributed by atoms with Crippen molar-refractivity contribution < 1.29 is 4.42 Å². The van der Waals surface area contributed by atoms with Gasteiger partial charge in [0.1, 0.15) is 11.2 Å². The molecule has 258 valence electrons. The molecule has 3 nitrogen and oxygen atoms in total. The molecular weight excluding hydrogens is 669 g/mol. The van der Waals surface area contributed by atoms with Crippen molar-refractivity contribution >= 4 is 71.6 Å². The predicted molar refractivity (Wildman–Crippen MR) is 231 cm³/mol. The van der Waals surface area contributed by atoms with Gasteiger partial charge in [0.25, 0.3) is 0 Å². The molecule has 2 heterocycles. The van der Waals surface area contributed by atoms with Crippen LogP contribution in [-0.2, 0) is 0 Å². The van der Waals surface area contributed by atoms with E-state index < -0.39 is 0 Å². The van der Waals surface area contributed by atoms with Crippen LogP contribution in [0.1, 0.15) is 0 Å². The van der Waals surface area contributed by atoms with Crippen LogP contribution in [0.3, 0.4) is 0 Å². The molecule has 0 aliphatic heterocycles. The number of anilines is 3. The summed E-state index contributed by atoms with van der Waals surface area (Å²) < 4.78 is 9.03. The van der Waals surface area contributed by atoms with Gasteiger partial charge in [-0.3, -0.25) is 0 Å². The molecule has 11 aromatic rings. The molecule has 2 aromatic heterocycles. The van der Waals surface area contributed by atoms with Gasteiger partial charge in [0, 0.05) is 49.6 Å². The Hall–Kier alpha value is -7.36. The largest absolute Gasteiger partial charge is 0.455 e. The van der Waals surface area contributed by atoms with Crippen molar-refractivity contribution in [1.29, 1.82) is 0 Å². The number of hydrogen-bond acceptors (Lipinski definition) is 2. The zero-order valence-corrected chi connectivity index (χ0v) is 29.9. The Morgan fingerprint density at radius 3 is 1.84 bits per heavy atom. The van der Waals surface area contributed by atoms with Crippen molar-refractivity contribution in [2.24, 2.45) is 0 Å². The molecule has 0 saturated heterocycles. The van der Waals surface area contributed by atoms with Crippen LogP contribution < -0.4 is 4.90 Å². The quantitative estimate of drug-likeness (QED) is 0.172. The predicted octanol–water partition coefficient (Wildman–Crippen LogP) is 14.6. The highest BCUT2D eigenvalue weighted by Gasteiger charge is 2.22. The average Bonchev–Trinajstić information content (AvgIpc) is 3.81. The second-order valence-corrected chi connectivity index (χ2v) is 14.1. The molecule has 0 amide bonds. The molecule has 0 N–H and O–H groups in total. The lowest BCUT2D eigenvalue weighted by Crippen LogP contribution is -2.11. The topological polar surface area (TPSA) is 21.3 Å². The van der Waals surface area contributed by atoms with E-state index in [2.05, 4.69) is 216 Å². The van der Waals surface area contributed by atoms with Gasteiger partial charge in [-0.15, -0.1) is 0 Å². The highest BCUT2D eigenvalue weighted by atomic mass is 16.3. The Labute approximate surface area is 318 Å². The maximum atomic E-state index is 6.66. The lowest BCUT2D eigenvalue weighted by Gasteiger charge is -2.28. The first-order valence-corrected chi connectivity index (χ1v) is 18.8. The zero-order valence-electron chi connectivity index (χ0n) is 29.9. The number of aromatic nitrogens is 1. The number of nitrogens with zero attached hydrogens (tertiary/aromatic N) is 2. The van der Waals surface area contributed by atoms with Gasteiger partial charge in [0.15, 0.2) is 0 Å². The Morgan fingerprint density at radius 1 is 0.400 bits per heavy atom. The summed E-state index contributed by atoms with van der Waals surface area (Å²) in [6, 6.07) is 73.9. The van der Waals surface area contributed by atoms with Crippen molar-refractivity contribution in [3.05, 3.63) is 206 Å². The number of para-hydroxylation sites is 3. The lowest BCUT2D eigenvalue weighted by atomic mass is 9.96. The highest BCUT2D eigenvalue weighted by Crippen LogP contribution is 2.46. The van der Waals surface area contributed by atoms with Crippen LogP contribution in [0.4, 0.5) is 17.1 Å². The van der Waals surface area contributed by atoms with Crippen LogP contribution >= 0.6 is 0 Å². The monoisotopic (exact) mass is 702 g/mol. The number of hydrogen-bond donors (Lipinski definition) is 0. The molecule has 0 atom stereocenters. The van der Waals surface area contributed by atoms with Crippen LogP contribution in [0.5, 0.6) is 0 Å². The molecule has 0 unspecified atom stereocenters. The minimum atomic E-state index is 0.881. The maximum absolute atomic E-state index is 6.66. The van der Waals surface area contributed by atoms with Gasteiger partial charge in [-0.2, -0.15) is 0 Å². The van der Waals surface area contributed by atoms with Crippen LogP contribution in [0.2, 0.25) is 0 Å². The van der Waals surface area contributed by atoms with Crippen molar-refractivity contribution in [3.63, 3.8) is 0 Å². The Kier molecular flexibility index (Phi) is 7.17. The maximum Gasteiger partial charge on any atom is 0.143 e. The molecule has 55 heavy (non-hydrogen) atoms. The van der Waals surface area contributed by atoms with Gasteiger partial charge >= 0.3 is 0 Å². The van der Waals surface area contributed by atoms with Crippen LogP contribution in [-0.4, -0.2) is 4.57 Å². The molecule has 0 bridgehead atoms. The Balaban J connectivity index is 1.12. The summed E-state index contributed by atoms with van der Waals surface area (Å²) in [6.45, 7) is 0. The second-order valence-electron chi connectivity index (χ2n) is 14.1. The molecule has 0 aliphatic rings. The van der Waals surface area contributed by atoms with Crippen LogP contribution in [0.15, 0.2) is 211 Å². The van der Waals surface area contributed by atoms with Crippen molar-refractivity contribution in [2.75, 3.05) is 4.90 Å². The van der Waals surface area contributed by atoms with Gasteiger partial charge in [-0.1, -0.05) is 140 Å². The van der Waals surface area contributed by atoms with Gasteiger partial charge in [-0.05, 0) is 88.8 Å². The van der Waals surface area contributed by atoms with Gasteiger partial charge < -0.3 is 13.9 Å². The lowest BCUT2D eigenvalue weighted by molar-refractivity contribution is 0.673. The average molecular weight is 703 g/mol. The summed E-state index contributed by atoms with van der Waals surface area (Å²) in [5, 5.41) is 7.04. The van der Waals surface area contributed by atoms with E-state index in [0.717, 1.165) is 66.8 Å². The fourth-order valence-corrected chi connectivity index (χ4v) is 8.51. The summed E-state index contributed by atoms with van der Waals surface area (Å²) in [5.74, 6) is 0. The van der Waals surface area contributed by atoms with Crippen molar-refractivity contribution in [3.8, 4) is 27.9 Å². The van der Waals surface area contributed by atoms with Gasteiger partial charge in [0.05, 0.1) is 16.7 Å². The minimum absolute atomic E-state index is 0.881. The first kappa shape index (κ1) is 31.2. The minimum Gasteiger partial charge on any atom is -0.455 e. The van der Waals surface area contributed by atoms with E-state index in [0.29, 0.717) is 0 Å². The number of rotatable bonds is 6. The summed E-state index contributed by atoms with van der Waals surface area (Å²) in [5.41, 5.74) is 13.1. The number of benzene rings is 9. The molecular formula is C52H34N2O. The van der Waals surface area contributed by atoms with Crippen molar-refractivity contribution in [1.82, 2.24) is 4.57 Å². The van der Waals surface area contributed by atoms with E-state index in [1.165, 1.54) is 32.8 Å². The first-order chi connectivity index (χ1) is 27.3. The third-order valence-corrected chi connectivity index (χ3v) is 11.0. The third-order valence-electron chi connectivity index (χ3n) is 11.0. The van der Waals surface area contributed by atoms with E-state index in [1.54, 1.807) is 0 Å². The standard InChI is InChI=1S/C52H34N2O/c1-2-14-35(15-3-1)37-17-12-18-40(34-37)53(38-29-31-39(32-30-38)54-48-25-10-6-20-42(48)43-21-7-11-26-49(43)54)47-24-9-8-22-44(47)45-23-13-27-50-51(45)46-33-28-36-16-4-5-19-41(36)52(46)55-50/h1-34H. The smallest absolute Gasteiger partial charge is 0.143 e. The highest BCUT2D eigenvalue weighted by molar-refractivity contribution is 6.20. The first-order valence-electron chi connectivity index (χ1n) is 18.8. The zero-order chi connectivity index (χ0) is 36.3. The SMILES string of the molecule is c1ccc(-c2cccc(N(c3ccc(-n4c5ccccc5c5ccccc54)cc3)c3ccccc3-c3cccc4oc5c6ccccc6ccc5c34)c2)cc1. The third kappa shape index (κ3) is 5.05. The van der Waals surface area contributed by atoms with Gasteiger partial charge in [0.2, 0.25) is 0 Å². The van der Waals surface area contributed by atoms with Crippen LogP contribution in [0, 0.1) is 0 Å². The van der Waals surface area contributed by atoms with Crippen LogP contribution in [0.25, 0.3) is 82.5 Å². The summed E-state index contributed by atoms with van der Waals surface area (Å²) in [6.07, 6.45) is 0. The Bertz CT molecular complexity index is 3150. The second kappa shape index (κ2) is 12.6. The normalized spacial score (nSPS) is 11.6. The summed E-state index contributed by atoms with van der Waals surface area (Å²) in [7, 11) is 0. The van der Waals surface area contributed by atoms with E-state index >= 15 is 0 Å². The Morgan fingerprint density at radius 2 is 1.04 bits per heavy atom. The van der Waals surface area contributed by atoms with E-state index in [-0.39, 0.29) is 0 Å². The molecule has 0 spiro atoms.